The minimum Gasteiger partial charge on any atom is -0.494 e. The number of hydrogen-bond donors (Lipinski definition) is 2. The minimum absolute atomic E-state index is 0.120. The van der Waals surface area contributed by atoms with E-state index in [4.69, 9.17) is 14.2 Å². The van der Waals surface area contributed by atoms with E-state index in [0.29, 0.717) is 56.0 Å². The van der Waals surface area contributed by atoms with Gasteiger partial charge in [-0.15, -0.1) is 0 Å². The van der Waals surface area contributed by atoms with E-state index in [-0.39, 0.29) is 29.1 Å². The molecule has 1 aliphatic heterocycles. The number of rotatable bonds is 11. The highest BCUT2D eigenvalue weighted by molar-refractivity contribution is 7.89. The summed E-state index contributed by atoms with van der Waals surface area (Å²) in [6.45, 7) is 2.87. The molecule has 180 valence electrons. The van der Waals surface area contributed by atoms with Crippen molar-refractivity contribution in [1.82, 2.24) is 10.0 Å². The lowest BCUT2D eigenvalue weighted by atomic mass is 10.1. The van der Waals surface area contributed by atoms with Crippen LogP contribution in [-0.4, -0.2) is 41.2 Å². The summed E-state index contributed by atoms with van der Waals surface area (Å²) in [4.78, 5) is 12.3. The number of methoxy groups -OCH3 is 1. The zero-order valence-electron chi connectivity index (χ0n) is 18.7. The summed E-state index contributed by atoms with van der Waals surface area (Å²) < 4.78 is 57.1. The van der Waals surface area contributed by atoms with Gasteiger partial charge in [0.1, 0.15) is 13.2 Å². The molecular weight excluding hydrogens is 451 g/mol. The second-order valence-corrected chi connectivity index (χ2v) is 9.46. The van der Waals surface area contributed by atoms with Crippen molar-refractivity contribution >= 4 is 15.9 Å². The first-order valence-corrected chi connectivity index (χ1v) is 12.3. The number of fused-ring (bicyclic) bond motifs is 1. The molecular formula is C23H29FN2O6S. The fraction of sp³-hybridized carbons (Fsp3) is 0.435. The molecule has 0 saturated carbocycles. The molecule has 0 saturated heterocycles. The van der Waals surface area contributed by atoms with E-state index in [1.165, 1.54) is 31.4 Å². The number of hydrogen-bond acceptors (Lipinski definition) is 6. The summed E-state index contributed by atoms with van der Waals surface area (Å²) >= 11 is 0. The highest BCUT2D eigenvalue weighted by Crippen LogP contribution is 2.32. The number of halogens is 1. The number of benzene rings is 2. The van der Waals surface area contributed by atoms with Crippen LogP contribution in [0.3, 0.4) is 0 Å². The molecule has 1 unspecified atom stereocenters. The Labute approximate surface area is 193 Å². The molecule has 0 spiro atoms. The van der Waals surface area contributed by atoms with Crippen LogP contribution >= 0.6 is 0 Å². The Morgan fingerprint density at radius 3 is 2.58 bits per heavy atom. The first-order valence-electron chi connectivity index (χ1n) is 10.8. The van der Waals surface area contributed by atoms with Gasteiger partial charge in [-0.25, -0.2) is 17.5 Å². The smallest absolute Gasteiger partial charge is 0.240 e. The Morgan fingerprint density at radius 2 is 1.85 bits per heavy atom. The van der Waals surface area contributed by atoms with Gasteiger partial charge in [-0.3, -0.25) is 4.79 Å². The molecule has 0 fully saturated rings. The summed E-state index contributed by atoms with van der Waals surface area (Å²) in [5, 5.41) is 2.84. The Bertz CT molecular complexity index is 1080. The number of amides is 1. The van der Waals surface area contributed by atoms with Crippen molar-refractivity contribution < 1.29 is 31.8 Å². The predicted molar refractivity (Wildman–Crippen MR) is 121 cm³/mol. The highest BCUT2D eigenvalue weighted by atomic mass is 32.2. The zero-order chi connectivity index (χ0) is 23.8. The van der Waals surface area contributed by atoms with Crippen molar-refractivity contribution in [2.75, 3.05) is 26.9 Å². The average molecular weight is 481 g/mol. The number of ether oxygens (including phenoxy) is 3. The van der Waals surface area contributed by atoms with Crippen molar-refractivity contribution in [1.29, 1.82) is 0 Å². The molecule has 2 aromatic rings. The van der Waals surface area contributed by atoms with E-state index < -0.39 is 15.8 Å². The van der Waals surface area contributed by atoms with E-state index in [9.17, 15) is 17.6 Å². The third-order valence-corrected chi connectivity index (χ3v) is 6.71. The molecule has 0 aromatic heterocycles. The molecule has 2 aromatic carbocycles. The molecule has 8 nitrogen and oxygen atoms in total. The van der Waals surface area contributed by atoms with Gasteiger partial charge in [0.2, 0.25) is 15.9 Å². The standard InChI is InChI=1S/C23H29FN2O6S/c1-16(17-7-9-20(30-2)19(24)14-17)26-23(27)6-4-3-5-11-25-33(28,29)18-8-10-21-22(15-18)32-13-12-31-21/h7-10,14-16,25H,3-6,11-13H2,1-2H3,(H,26,27). The van der Waals surface area contributed by atoms with E-state index in [1.807, 2.05) is 0 Å². The van der Waals surface area contributed by atoms with Crippen LogP contribution in [0.25, 0.3) is 0 Å². The van der Waals surface area contributed by atoms with Crippen LogP contribution in [0.1, 0.15) is 44.2 Å². The summed E-state index contributed by atoms with van der Waals surface area (Å²) in [6.07, 6.45) is 2.19. The Balaban J connectivity index is 1.36. The van der Waals surface area contributed by atoms with Gasteiger partial charge in [0, 0.05) is 19.0 Å². The largest absolute Gasteiger partial charge is 0.494 e. The van der Waals surface area contributed by atoms with E-state index in [0.717, 1.165) is 0 Å². The molecule has 2 N–H and O–H groups in total. The fourth-order valence-corrected chi connectivity index (χ4v) is 4.51. The lowest BCUT2D eigenvalue weighted by molar-refractivity contribution is -0.121. The predicted octanol–water partition coefficient (Wildman–Crippen LogP) is 3.32. The third-order valence-electron chi connectivity index (χ3n) is 5.25. The van der Waals surface area contributed by atoms with Crippen LogP contribution < -0.4 is 24.2 Å². The summed E-state index contributed by atoms with van der Waals surface area (Å²) in [6, 6.07) is 8.77. The maximum Gasteiger partial charge on any atom is 0.240 e. The molecule has 3 rings (SSSR count). The van der Waals surface area contributed by atoms with Gasteiger partial charge in [0.15, 0.2) is 23.1 Å². The van der Waals surface area contributed by atoms with Gasteiger partial charge in [0.05, 0.1) is 18.0 Å². The number of carbonyl (C=O) groups is 1. The van der Waals surface area contributed by atoms with Crippen molar-refractivity contribution in [3.05, 3.63) is 47.8 Å². The summed E-state index contributed by atoms with van der Waals surface area (Å²) in [5.41, 5.74) is 0.648. The normalized spacial score (nSPS) is 13.9. The van der Waals surface area contributed by atoms with Crippen LogP contribution in [-0.2, 0) is 14.8 Å². The third kappa shape index (κ3) is 6.82. The number of carbonyl (C=O) groups excluding carboxylic acids is 1. The van der Waals surface area contributed by atoms with Gasteiger partial charge >= 0.3 is 0 Å². The number of unbranched alkanes of at least 4 members (excludes halogenated alkanes) is 2. The van der Waals surface area contributed by atoms with Gasteiger partial charge in [-0.2, -0.15) is 0 Å². The van der Waals surface area contributed by atoms with Gasteiger partial charge in [0.25, 0.3) is 0 Å². The molecule has 10 heteroatoms. The van der Waals surface area contributed by atoms with Crippen molar-refractivity contribution in [2.24, 2.45) is 0 Å². The maximum atomic E-state index is 13.8. The second-order valence-electron chi connectivity index (χ2n) is 7.70. The maximum absolute atomic E-state index is 13.8. The van der Waals surface area contributed by atoms with E-state index in [2.05, 4.69) is 10.0 Å². The van der Waals surface area contributed by atoms with Gasteiger partial charge in [-0.1, -0.05) is 12.5 Å². The topological polar surface area (TPSA) is 103 Å². The Hall–Kier alpha value is -2.85. The number of sulfonamides is 1. The van der Waals surface area contributed by atoms with Crippen LogP contribution in [0, 0.1) is 5.82 Å². The van der Waals surface area contributed by atoms with Crippen molar-refractivity contribution in [2.45, 2.75) is 43.5 Å². The monoisotopic (exact) mass is 480 g/mol. The molecule has 0 bridgehead atoms. The van der Waals surface area contributed by atoms with Gasteiger partial charge < -0.3 is 19.5 Å². The quantitative estimate of drug-likeness (QED) is 0.479. The van der Waals surface area contributed by atoms with Gasteiger partial charge in [-0.05, 0) is 49.6 Å². The SMILES string of the molecule is COc1ccc(C(C)NC(=O)CCCCCNS(=O)(=O)c2ccc3c(c2)OCCO3)cc1F. The van der Waals surface area contributed by atoms with Crippen LogP contribution in [0.15, 0.2) is 41.3 Å². The molecule has 1 aliphatic rings. The molecule has 1 heterocycles. The van der Waals surface area contributed by atoms with E-state index >= 15 is 0 Å². The highest BCUT2D eigenvalue weighted by Gasteiger charge is 2.19. The molecule has 0 radical (unpaired) electrons. The van der Waals surface area contributed by atoms with Crippen molar-refractivity contribution in [3.63, 3.8) is 0 Å². The lowest BCUT2D eigenvalue weighted by Crippen LogP contribution is -2.27. The van der Waals surface area contributed by atoms with Crippen LogP contribution in [0.5, 0.6) is 17.2 Å². The first-order chi connectivity index (χ1) is 15.8. The first kappa shape index (κ1) is 24.8. The zero-order valence-corrected chi connectivity index (χ0v) is 19.5. The lowest BCUT2D eigenvalue weighted by Gasteiger charge is -2.18. The number of nitrogens with one attached hydrogen (secondary N) is 2. The summed E-state index contributed by atoms with van der Waals surface area (Å²) in [7, 11) is -2.26. The molecule has 1 amide bonds. The minimum atomic E-state index is -3.66. The molecule has 1 atom stereocenters. The van der Waals surface area contributed by atoms with E-state index in [1.54, 1.807) is 19.1 Å². The summed E-state index contributed by atoms with van der Waals surface area (Å²) in [5.74, 6) is 0.485. The fourth-order valence-electron chi connectivity index (χ4n) is 3.42. The van der Waals surface area contributed by atoms with Crippen LogP contribution in [0.2, 0.25) is 0 Å². The second kappa shape index (κ2) is 11.3. The Kier molecular flexibility index (Phi) is 8.51. The Morgan fingerprint density at radius 1 is 1.09 bits per heavy atom. The van der Waals surface area contributed by atoms with Crippen molar-refractivity contribution in [3.8, 4) is 17.2 Å². The average Bonchev–Trinajstić information content (AvgIpc) is 2.80. The molecule has 0 aliphatic carbocycles. The molecule has 33 heavy (non-hydrogen) atoms. The van der Waals surface area contributed by atoms with Crippen LogP contribution in [0.4, 0.5) is 4.39 Å².